The summed E-state index contributed by atoms with van der Waals surface area (Å²) in [6.07, 6.45) is 0.272. The number of aliphatic carboxylic acids is 1. The highest BCUT2D eigenvalue weighted by Crippen LogP contribution is 2.34. The normalized spacial score (nSPS) is 12.9. The molecule has 1 aromatic carbocycles. The molecule has 0 aromatic heterocycles. The molecule has 0 spiro atoms. The summed E-state index contributed by atoms with van der Waals surface area (Å²) < 4.78 is 22.3. The minimum absolute atomic E-state index is 0.0802. The molecule has 10 heteroatoms. The topological polar surface area (TPSA) is 141 Å². The van der Waals surface area contributed by atoms with E-state index in [9.17, 15) is 23.3 Å². The number of primary sulfonamides is 1. The van der Waals surface area contributed by atoms with Gasteiger partial charge in [-0.05, 0) is 18.6 Å². The zero-order valence-corrected chi connectivity index (χ0v) is 12.0. The van der Waals surface area contributed by atoms with Gasteiger partial charge in [0.1, 0.15) is 5.25 Å². The molecule has 0 saturated carbocycles. The van der Waals surface area contributed by atoms with E-state index < -0.39 is 36.7 Å². The van der Waals surface area contributed by atoms with Gasteiger partial charge in [0.25, 0.3) is 5.69 Å². The van der Waals surface area contributed by atoms with E-state index in [0.717, 1.165) is 23.9 Å². The first-order chi connectivity index (χ1) is 9.16. The molecule has 0 radical (unpaired) electrons. The lowest BCUT2D eigenvalue weighted by Gasteiger charge is -2.10. The van der Waals surface area contributed by atoms with Gasteiger partial charge in [-0.2, -0.15) is 0 Å². The number of nitrogens with zero attached hydrogens (tertiary/aromatic N) is 1. The zero-order valence-electron chi connectivity index (χ0n) is 10.3. The van der Waals surface area contributed by atoms with Crippen molar-refractivity contribution in [2.45, 2.75) is 28.4 Å². The fraction of sp³-hybridized carbons (Fsp3) is 0.300. The standard InChI is InChI=1S/C10H12N2O6S2/c1-2-8(10(13)14)19-9-4-3-6(20(11,17)18)5-7(9)12(15)16/h3-5,8H,2H2,1H3,(H,13,14)(H2,11,17,18). The maximum Gasteiger partial charge on any atom is 0.316 e. The average Bonchev–Trinajstić information content (AvgIpc) is 2.34. The fourth-order valence-electron chi connectivity index (χ4n) is 1.38. The number of carboxylic acid groups (broad SMARTS) is 1. The third-order valence-electron chi connectivity index (χ3n) is 2.37. The SMILES string of the molecule is CCC(Sc1ccc(S(N)(=O)=O)cc1[N+](=O)[O-])C(=O)O. The molecule has 1 rings (SSSR count). The van der Waals surface area contributed by atoms with Crippen LogP contribution in [0.2, 0.25) is 0 Å². The summed E-state index contributed by atoms with van der Waals surface area (Å²) in [5.74, 6) is -1.10. The van der Waals surface area contributed by atoms with Crippen molar-refractivity contribution in [1.29, 1.82) is 0 Å². The minimum atomic E-state index is -4.06. The van der Waals surface area contributed by atoms with Gasteiger partial charge in [0, 0.05) is 6.07 Å². The molecule has 0 heterocycles. The van der Waals surface area contributed by atoms with E-state index in [1.807, 2.05) is 0 Å². The number of sulfonamides is 1. The van der Waals surface area contributed by atoms with E-state index in [0.29, 0.717) is 0 Å². The van der Waals surface area contributed by atoms with Gasteiger partial charge in [-0.15, -0.1) is 11.8 Å². The van der Waals surface area contributed by atoms with Crippen LogP contribution in [0.3, 0.4) is 0 Å². The predicted octanol–water partition coefficient (Wildman–Crippen LogP) is 1.20. The summed E-state index contributed by atoms with van der Waals surface area (Å²) in [7, 11) is -4.06. The Labute approximate surface area is 119 Å². The predicted molar refractivity (Wildman–Crippen MR) is 72.0 cm³/mol. The molecule has 0 saturated heterocycles. The van der Waals surface area contributed by atoms with Gasteiger partial charge in [-0.25, -0.2) is 13.6 Å². The molecule has 3 N–H and O–H groups in total. The highest BCUT2D eigenvalue weighted by molar-refractivity contribution is 8.00. The first-order valence-electron chi connectivity index (χ1n) is 5.37. The van der Waals surface area contributed by atoms with Crippen molar-refractivity contribution < 1.29 is 23.2 Å². The number of hydrogen-bond acceptors (Lipinski definition) is 6. The first-order valence-corrected chi connectivity index (χ1v) is 7.80. The summed E-state index contributed by atoms with van der Waals surface area (Å²) in [6.45, 7) is 1.64. The van der Waals surface area contributed by atoms with E-state index in [1.165, 1.54) is 6.07 Å². The molecule has 1 unspecified atom stereocenters. The van der Waals surface area contributed by atoms with Crippen LogP contribution in [0.15, 0.2) is 28.0 Å². The molecule has 0 aliphatic heterocycles. The Hall–Kier alpha value is -1.65. The van der Waals surface area contributed by atoms with Crippen molar-refractivity contribution in [3.05, 3.63) is 28.3 Å². The molecule has 0 aliphatic rings. The second-order valence-corrected chi connectivity index (χ2v) is 6.59. The van der Waals surface area contributed by atoms with E-state index in [2.05, 4.69) is 0 Å². The third kappa shape index (κ3) is 3.92. The van der Waals surface area contributed by atoms with Crippen molar-refractivity contribution in [3.63, 3.8) is 0 Å². The highest BCUT2D eigenvalue weighted by Gasteiger charge is 2.24. The molecule has 20 heavy (non-hydrogen) atoms. The Morgan fingerprint density at radius 3 is 2.55 bits per heavy atom. The summed E-state index contributed by atoms with van der Waals surface area (Å²) in [4.78, 5) is 20.8. The van der Waals surface area contributed by atoms with Gasteiger partial charge in [0.2, 0.25) is 10.0 Å². The number of carbonyl (C=O) groups is 1. The number of nitro groups is 1. The average molecular weight is 320 g/mol. The van der Waals surface area contributed by atoms with Gasteiger partial charge >= 0.3 is 5.97 Å². The summed E-state index contributed by atoms with van der Waals surface area (Å²) in [5, 5.41) is 23.9. The third-order valence-corrected chi connectivity index (χ3v) is 4.70. The van der Waals surface area contributed by atoms with Crippen molar-refractivity contribution >= 4 is 33.4 Å². The summed E-state index contributed by atoms with van der Waals surface area (Å²) in [5.41, 5.74) is -0.485. The number of thioether (sulfide) groups is 1. The molecular weight excluding hydrogens is 308 g/mol. The maximum atomic E-state index is 11.2. The lowest BCUT2D eigenvalue weighted by Crippen LogP contribution is -2.15. The lowest BCUT2D eigenvalue weighted by atomic mass is 10.3. The molecule has 110 valence electrons. The molecule has 1 aromatic rings. The van der Waals surface area contributed by atoms with Crippen LogP contribution in [-0.4, -0.2) is 29.7 Å². The van der Waals surface area contributed by atoms with E-state index >= 15 is 0 Å². The van der Waals surface area contributed by atoms with Crippen molar-refractivity contribution in [1.82, 2.24) is 0 Å². The minimum Gasteiger partial charge on any atom is -0.480 e. The Morgan fingerprint density at radius 2 is 2.15 bits per heavy atom. The van der Waals surface area contributed by atoms with E-state index in [-0.39, 0.29) is 11.3 Å². The highest BCUT2D eigenvalue weighted by atomic mass is 32.2. The zero-order chi connectivity index (χ0) is 15.5. The Balaban J connectivity index is 3.27. The number of nitro benzene ring substituents is 1. The van der Waals surface area contributed by atoms with Gasteiger partial charge in [-0.3, -0.25) is 14.9 Å². The molecular formula is C10H12N2O6S2. The molecule has 8 nitrogen and oxygen atoms in total. The lowest BCUT2D eigenvalue weighted by molar-refractivity contribution is -0.388. The van der Waals surface area contributed by atoms with Crippen LogP contribution in [-0.2, 0) is 14.8 Å². The van der Waals surface area contributed by atoms with Crippen LogP contribution in [0.1, 0.15) is 13.3 Å². The Morgan fingerprint density at radius 1 is 1.55 bits per heavy atom. The molecule has 1 atom stereocenters. The van der Waals surface area contributed by atoms with Gasteiger partial charge in [0.05, 0.1) is 14.7 Å². The van der Waals surface area contributed by atoms with Gasteiger partial charge < -0.3 is 5.11 Å². The van der Waals surface area contributed by atoms with E-state index in [4.69, 9.17) is 10.2 Å². The second-order valence-electron chi connectivity index (χ2n) is 3.78. The monoisotopic (exact) mass is 320 g/mol. The van der Waals surface area contributed by atoms with Gasteiger partial charge in [0.15, 0.2) is 0 Å². The largest absolute Gasteiger partial charge is 0.480 e. The number of hydrogen-bond donors (Lipinski definition) is 2. The first kappa shape index (κ1) is 16.4. The number of benzene rings is 1. The summed E-state index contributed by atoms with van der Waals surface area (Å²) in [6, 6.07) is 3.12. The van der Waals surface area contributed by atoms with Crippen LogP contribution in [0, 0.1) is 10.1 Å². The van der Waals surface area contributed by atoms with E-state index in [1.54, 1.807) is 6.92 Å². The smallest absolute Gasteiger partial charge is 0.316 e. The van der Waals surface area contributed by atoms with Gasteiger partial charge in [-0.1, -0.05) is 6.92 Å². The van der Waals surface area contributed by atoms with Crippen LogP contribution < -0.4 is 5.14 Å². The number of nitrogens with two attached hydrogens (primary N) is 1. The van der Waals surface area contributed by atoms with Crippen LogP contribution >= 0.6 is 11.8 Å². The van der Waals surface area contributed by atoms with Crippen LogP contribution in [0.5, 0.6) is 0 Å². The quantitative estimate of drug-likeness (QED) is 0.455. The summed E-state index contributed by atoms with van der Waals surface area (Å²) >= 11 is 0.794. The van der Waals surface area contributed by atoms with Crippen molar-refractivity contribution in [2.75, 3.05) is 0 Å². The van der Waals surface area contributed by atoms with Crippen molar-refractivity contribution in [2.24, 2.45) is 5.14 Å². The number of carboxylic acids is 1. The van der Waals surface area contributed by atoms with Crippen LogP contribution in [0.25, 0.3) is 0 Å². The Kier molecular flexibility index (Phi) is 5.09. The molecule has 0 fully saturated rings. The second kappa shape index (κ2) is 6.20. The van der Waals surface area contributed by atoms with Crippen molar-refractivity contribution in [3.8, 4) is 0 Å². The molecule has 0 bridgehead atoms. The Bertz CT molecular complexity index is 643. The molecule has 0 amide bonds. The number of rotatable bonds is 6. The van der Waals surface area contributed by atoms with Crippen LogP contribution in [0.4, 0.5) is 5.69 Å². The maximum absolute atomic E-state index is 11.2. The molecule has 0 aliphatic carbocycles. The fourth-order valence-corrected chi connectivity index (χ4v) is 2.89.